The second-order valence-electron chi connectivity index (χ2n) is 5.69. The topological polar surface area (TPSA) is 26.3 Å². The van der Waals surface area contributed by atoms with Gasteiger partial charge < -0.3 is 4.74 Å². The third-order valence-electron chi connectivity index (χ3n) is 4.92. The minimum atomic E-state index is 0. The number of cyclic esters (lactones) is 1. The molecule has 3 rings (SSSR count). The summed E-state index contributed by atoms with van der Waals surface area (Å²) in [6.45, 7) is 6.08. The van der Waals surface area contributed by atoms with Crippen LogP contribution in [-0.2, 0) is 9.53 Å². The lowest BCUT2D eigenvalue weighted by Gasteiger charge is -2.40. The molecule has 0 aromatic heterocycles. The molecule has 0 amide bonds. The van der Waals surface area contributed by atoms with E-state index in [-0.39, 0.29) is 25.4 Å². The molecule has 0 N–H and O–H groups in total. The summed E-state index contributed by atoms with van der Waals surface area (Å²) in [5, 5.41) is 0. The summed E-state index contributed by atoms with van der Waals surface area (Å²) in [5.74, 6) is 2.61. The van der Waals surface area contributed by atoms with Gasteiger partial charge in [-0.2, -0.15) is 0 Å². The fraction of sp³-hybridized carbons (Fsp3) is 0.938. The van der Waals surface area contributed by atoms with Gasteiger partial charge >= 0.3 is 5.97 Å². The maximum Gasteiger partial charge on any atom is 0.309 e. The number of hydrogen-bond donors (Lipinski definition) is 0. The Balaban J connectivity index is 0.000000516. The Hall–Kier alpha value is -0.530. The maximum atomic E-state index is 11.7. The van der Waals surface area contributed by atoms with Gasteiger partial charge in [-0.05, 0) is 31.6 Å². The Labute approximate surface area is 112 Å². The van der Waals surface area contributed by atoms with E-state index in [2.05, 4.69) is 6.92 Å². The first-order valence-corrected chi connectivity index (χ1v) is 7.46. The van der Waals surface area contributed by atoms with Crippen LogP contribution < -0.4 is 0 Å². The van der Waals surface area contributed by atoms with Gasteiger partial charge in [0.2, 0.25) is 0 Å². The van der Waals surface area contributed by atoms with Gasteiger partial charge in [0.25, 0.3) is 0 Å². The Kier molecular flexibility index (Phi) is 5.68. The van der Waals surface area contributed by atoms with Crippen LogP contribution in [0.25, 0.3) is 0 Å². The number of fused-ring (bicyclic) bond motifs is 2. The van der Waals surface area contributed by atoms with E-state index < -0.39 is 0 Å². The molecule has 1 saturated heterocycles. The fourth-order valence-electron chi connectivity index (χ4n) is 4.07. The van der Waals surface area contributed by atoms with Crippen LogP contribution in [0.5, 0.6) is 0 Å². The van der Waals surface area contributed by atoms with Crippen molar-refractivity contribution in [2.75, 3.05) is 0 Å². The third kappa shape index (κ3) is 2.73. The van der Waals surface area contributed by atoms with E-state index in [0.717, 1.165) is 18.3 Å². The minimum absolute atomic E-state index is 0. The van der Waals surface area contributed by atoms with Crippen molar-refractivity contribution in [1.82, 2.24) is 0 Å². The first-order valence-electron chi connectivity index (χ1n) is 7.46. The first-order chi connectivity index (χ1) is 8.25. The minimum Gasteiger partial charge on any atom is -0.462 e. The lowest BCUT2D eigenvalue weighted by atomic mass is 9.63. The maximum absolute atomic E-state index is 11.7. The normalized spacial score (nSPS) is 41.5. The largest absolute Gasteiger partial charge is 0.462 e. The summed E-state index contributed by atoms with van der Waals surface area (Å²) in [7, 11) is 0. The van der Waals surface area contributed by atoms with Gasteiger partial charge in [-0.15, -0.1) is 0 Å². The fourth-order valence-corrected chi connectivity index (χ4v) is 4.07. The van der Waals surface area contributed by atoms with Crippen molar-refractivity contribution in [2.45, 2.75) is 72.8 Å². The molecule has 0 radical (unpaired) electrons. The standard InChI is InChI=1S/C13H20O2.C2H6.CH4/c1-8-11-6-9-4-2-3-5-10(9)7-12(11)13(14)15-8;1-2;/h8-12H,2-7H2,1H3;1-2H3;1H4. The molecule has 3 fully saturated rings. The van der Waals surface area contributed by atoms with Crippen LogP contribution in [0, 0.1) is 23.7 Å². The second-order valence-corrected chi connectivity index (χ2v) is 5.69. The Morgan fingerprint density at radius 1 is 1.06 bits per heavy atom. The molecule has 106 valence electrons. The zero-order valence-corrected chi connectivity index (χ0v) is 11.4. The van der Waals surface area contributed by atoms with Crippen LogP contribution in [0.1, 0.15) is 66.7 Å². The summed E-state index contributed by atoms with van der Waals surface area (Å²) in [6, 6.07) is 0. The lowest BCUT2D eigenvalue weighted by Crippen LogP contribution is -2.35. The number of carbonyl (C=O) groups excluding carboxylic acids is 1. The molecular formula is C16H30O2. The molecule has 1 heterocycles. The molecule has 1 aliphatic heterocycles. The molecule has 0 aromatic rings. The third-order valence-corrected chi connectivity index (χ3v) is 4.92. The molecule has 0 bridgehead atoms. The van der Waals surface area contributed by atoms with E-state index in [1.54, 1.807) is 0 Å². The Bertz CT molecular complexity index is 274. The van der Waals surface area contributed by atoms with Crippen molar-refractivity contribution in [3.63, 3.8) is 0 Å². The van der Waals surface area contributed by atoms with E-state index >= 15 is 0 Å². The van der Waals surface area contributed by atoms with E-state index in [0.29, 0.717) is 5.92 Å². The average molecular weight is 254 g/mol. The number of carbonyl (C=O) groups is 1. The highest BCUT2D eigenvalue weighted by Crippen LogP contribution is 2.49. The van der Waals surface area contributed by atoms with Crippen LogP contribution in [0.3, 0.4) is 0 Å². The average Bonchev–Trinajstić information content (AvgIpc) is 2.65. The number of esters is 1. The van der Waals surface area contributed by atoms with Crippen molar-refractivity contribution in [3.05, 3.63) is 0 Å². The summed E-state index contributed by atoms with van der Waals surface area (Å²) in [4.78, 5) is 11.7. The Morgan fingerprint density at radius 2 is 1.61 bits per heavy atom. The molecule has 2 saturated carbocycles. The van der Waals surface area contributed by atoms with Crippen LogP contribution in [0.4, 0.5) is 0 Å². The van der Waals surface area contributed by atoms with Crippen molar-refractivity contribution < 1.29 is 9.53 Å². The zero-order chi connectivity index (χ0) is 12.4. The Morgan fingerprint density at radius 3 is 2.22 bits per heavy atom. The van der Waals surface area contributed by atoms with Gasteiger partial charge in [-0.3, -0.25) is 4.79 Å². The second kappa shape index (κ2) is 6.58. The van der Waals surface area contributed by atoms with Gasteiger partial charge in [0, 0.05) is 5.92 Å². The summed E-state index contributed by atoms with van der Waals surface area (Å²) < 4.78 is 5.38. The molecular weight excluding hydrogens is 224 g/mol. The molecule has 2 nitrogen and oxygen atoms in total. The smallest absolute Gasteiger partial charge is 0.309 e. The highest BCUT2D eigenvalue weighted by molar-refractivity contribution is 5.75. The molecule has 18 heavy (non-hydrogen) atoms. The van der Waals surface area contributed by atoms with E-state index in [9.17, 15) is 4.79 Å². The van der Waals surface area contributed by atoms with Crippen molar-refractivity contribution >= 4 is 5.97 Å². The van der Waals surface area contributed by atoms with Gasteiger partial charge in [0.15, 0.2) is 0 Å². The molecule has 2 heteroatoms. The van der Waals surface area contributed by atoms with Gasteiger partial charge in [0.05, 0.1) is 5.92 Å². The molecule has 2 aliphatic carbocycles. The monoisotopic (exact) mass is 254 g/mol. The summed E-state index contributed by atoms with van der Waals surface area (Å²) in [6.07, 6.45) is 8.10. The van der Waals surface area contributed by atoms with Crippen molar-refractivity contribution in [1.29, 1.82) is 0 Å². The van der Waals surface area contributed by atoms with E-state index in [4.69, 9.17) is 4.74 Å². The van der Waals surface area contributed by atoms with Crippen LogP contribution in [-0.4, -0.2) is 12.1 Å². The first kappa shape index (κ1) is 15.5. The van der Waals surface area contributed by atoms with E-state index in [1.165, 1.54) is 32.1 Å². The number of hydrogen-bond acceptors (Lipinski definition) is 2. The predicted molar refractivity (Wildman–Crippen MR) is 75.3 cm³/mol. The van der Waals surface area contributed by atoms with Gasteiger partial charge in [0.1, 0.15) is 6.10 Å². The zero-order valence-electron chi connectivity index (χ0n) is 11.4. The molecule has 5 unspecified atom stereocenters. The molecule has 3 aliphatic rings. The quantitative estimate of drug-likeness (QED) is 0.598. The molecule has 0 spiro atoms. The van der Waals surface area contributed by atoms with Crippen LogP contribution >= 0.6 is 0 Å². The highest BCUT2D eigenvalue weighted by atomic mass is 16.6. The van der Waals surface area contributed by atoms with Crippen LogP contribution in [0.2, 0.25) is 0 Å². The molecule has 0 aromatic carbocycles. The SMILES string of the molecule is C.CC.CC1OC(=O)C2CC3CCCCC3CC12. The number of rotatable bonds is 0. The van der Waals surface area contributed by atoms with Gasteiger partial charge in [-0.25, -0.2) is 0 Å². The van der Waals surface area contributed by atoms with Gasteiger partial charge in [-0.1, -0.05) is 47.0 Å². The highest BCUT2D eigenvalue weighted by Gasteiger charge is 2.48. The van der Waals surface area contributed by atoms with Crippen molar-refractivity contribution in [2.24, 2.45) is 23.7 Å². The summed E-state index contributed by atoms with van der Waals surface area (Å²) >= 11 is 0. The van der Waals surface area contributed by atoms with E-state index in [1.807, 2.05) is 13.8 Å². The lowest BCUT2D eigenvalue weighted by molar-refractivity contribution is -0.144. The van der Waals surface area contributed by atoms with Crippen LogP contribution in [0.15, 0.2) is 0 Å². The molecule has 5 atom stereocenters. The van der Waals surface area contributed by atoms with Crippen molar-refractivity contribution in [3.8, 4) is 0 Å². The summed E-state index contributed by atoms with van der Waals surface area (Å²) in [5.41, 5.74) is 0. The predicted octanol–water partition coefficient (Wildman–Crippen LogP) is 4.43. The number of ether oxygens (including phenoxy) is 1.